The van der Waals surface area contributed by atoms with Crippen molar-refractivity contribution in [1.82, 2.24) is 10.9 Å². The largest absolute Gasteiger partial charge is 0.489 e. The van der Waals surface area contributed by atoms with Crippen LogP contribution >= 0.6 is 0 Å². The van der Waals surface area contributed by atoms with E-state index in [1.54, 1.807) is 0 Å². The standard InChI is InChI=1S/C31H34N2O2/c1-3-31(28-16-20-30(21-17-28)35-23-26-12-8-5-9-13-26)33-32-24(2)27-14-18-29(19-15-27)34-22-25-10-6-4-7-11-25/h4-21,24,31-33H,3,22-23H2,1-2H3. The highest BCUT2D eigenvalue weighted by Gasteiger charge is 2.12. The highest BCUT2D eigenvalue weighted by Crippen LogP contribution is 2.22. The molecule has 0 saturated heterocycles. The van der Waals surface area contributed by atoms with Crippen LogP contribution in [0.2, 0.25) is 0 Å². The van der Waals surface area contributed by atoms with E-state index in [1.165, 1.54) is 16.7 Å². The summed E-state index contributed by atoms with van der Waals surface area (Å²) in [5.41, 5.74) is 11.7. The van der Waals surface area contributed by atoms with E-state index in [1.807, 2.05) is 60.7 Å². The normalized spacial score (nSPS) is 12.6. The summed E-state index contributed by atoms with van der Waals surface area (Å²) in [6.07, 6.45) is 0.968. The van der Waals surface area contributed by atoms with E-state index in [2.05, 4.69) is 73.2 Å². The lowest BCUT2D eigenvalue weighted by Gasteiger charge is -2.22. The first-order chi connectivity index (χ1) is 17.2. The van der Waals surface area contributed by atoms with Crippen LogP contribution in [-0.4, -0.2) is 0 Å². The third-order valence-corrected chi connectivity index (χ3v) is 6.04. The monoisotopic (exact) mass is 466 g/mol. The Morgan fingerprint density at radius 2 is 1.03 bits per heavy atom. The van der Waals surface area contributed by atoms with E-state index in [-0.39, 0.29) is 12.1 Å². The second-order valence-electron chi connectivity index (χ2n) is 8.66. The van der Waals surface area contributed by atoms with Crippen LogP contribution in [-0.2, 0) is 13.2 Å². The van der Waals surface area contributed by atoms with Gasteiger partial charge in [0.1, 0.15) is 24.7 Å². The summed E-state index contributed by atoms with van der Waals surface area (Å²) in [5.74, 6) is 1.75. The molecule has 0 heterocycles. The summed E-state index contributed by atoms with van der Waals surface area (Å²) < 4.78 is 11.8. The second-order valence-corrected chi connectivity index (χ2v) is 8.66. The maximum absolute atomic E-state index is 5.92. The Morgan fingerprint density at radius 1 is 0.571 bits per heavy atom. The molecule has 35 heavy (non-hydrogen) atoms. The minimum Gasteiger partial charge on any atom is -0.489 e. The van der Waals surface area contributed by atoms with E-state index in [9.17, 15) is 0 Å². The van der Waals surface area contributed by atoms with Gasteiger partial charge in [-0.1, -0.05) is 91.9 Å². The summed E-state index contributed by atoms with van der Waals surface area (Å²) >= 11 is 0. The van der Waals surface area contributed by atoms with Gasteiger partial charge in [0.05, 0.1) is 0 Å². The predicted molar refractivity (Wildman–Crippen MR) is 142 cm³/mol. The fourth-order valence-corrected chi connectivity index (χ4v) is 3.86. The van der Waals surface area contributed by atoms with Crippen molar-refractivity contribution in [3.63, 3.8) is 0 Å². The number of hydrazine groups is 1. The van der Waals surface area contributed by atoms with Crippen molar-refractivity contribution < 1.29 is 9.47 Å². The molecular weight excluding hydrogens is 432 g/mol. The van der Waals surface area contributed by atoms with Gasteiger partial charge in [-0.15, -0.1) is 0 Å². The maximum atomic E-state index is 5.92. The van der Waals surface area contributed by atoms with Gasteiger partial charge in [-0.3, -0.25) is 5.43 Å². The lowest BCUT2D eigenvalue weighted by molar-refractivity contribution is 0.305. The number of nitrogens with one attached hydrogen (secondary N) is 2. The van der Waals surface area contributed by atoms with E-state index >= 15 is 0 Å². The molecule has 0 aromatic heterocycles. The van der Waals surface area contributed by atoms with E-state index in [4.69, 9.17) is 9.47 Å². The molecule has 0 bridgehead atoms. The lowest BCUT2D eigenvalue weighted by atomic mass is 10.0. The number of hydrogen-bond donors (Lipinski definition) is 2. The molecule has 4 heteroatoms. The molecule has 0 saturated carbocycles. The van der Waals surface area contributed by atoms with Crippen molar-refractivity contribution in [2.75, 3.05) is 0 Å². The zero-order valence-electron chi connectivity index (χ0n) is 20.5. The first-order valence-corrected chi connectivity index (χ1v) is 12.3. The van der Waals surface area contributed by atoms with Crippen molar-refractivity contribution in [3.8, 4) is 11.5 Å². The zero-order valence-corrected chi connectivity index (χ0v) is 20.5. The minimum atomic E-state index is 0.153. The molecule has 4 rings (SSSR count). The van der Waals surface area contributed by atoms with Gasteiger partial charge in [0.15, 0.2) is 0 Å². The molecule has 0 aliphatic heterocycles. The summed E-state index contributed by atoms with van der Waals surface area (Å²) in [6, 6.07) is 37.4. The summed E-state index contributed by atoms with van der Waals surface area (Å²) in [4.78, 5) is 0. The van der Waals surface area contributed by atoms with Crippen LogP contribution in [0.5, 0.6) is 11.5 Å². The highest BCUT2D eigenvalue weighted by atomic mass is 16.5. The average molecular weight is 467 g/mol. The number of rotatable bonds is 12. The van der Waals surface area contributed by atoms with E-state index < -0.39 is 0 Å². The molecular formula is C31H34N2O2. The van der Waals surface area contributed by atoms with Crippen molar-refractivity contribution in [2.24, 2.45) is 0 Å². The predicted octanol–water partition coefficient (Wildman–Crippen LogP) is 7.15. The lowest BCUT2D eigenvalue weighted by Crippen LogP contribution is -2.37. The number of benzene rings is 4. The third-order valence-electron chi connectivity index (χ3n) is 6.04. The molecule has 180 valence electrons. The molecule has 0 aliphatic carbocycles. The van der Waals surface area contributed by atoms with Crippen LogP contribution in [0.4, 0.5) is 0 Å². The first kappa shape index (κ1) is 24.5. The molecule has 2 atom stereocenters. The van der Waals surface area contributed by atoms with Crippen molar-refractivity contribution in [1.29, 1.82) is 0 Å². The molecule has 2 unspecified atom stereocenters. The molecule has 4 aromatic rings. The van der Waals surface area contributed by atoms with E-state index in [0.29, 0.717) is 13.2 Å². The van der Waals surface area contributed by atoms with Gasteiger partial charge in [0, 0.05) is 12.1 Å². The molecule has 4 nitrogen and oxygen atoms in total. The first-order valence-electron chi connectivity index (χ1n) is 12.3. The zero-order chi connectivity index (χ0) is 24.3. The second kappa shape index (κ2) is 12.7. The van der Waals surface area contributed by atoms with Gasteiger partial charge in [0.2, 0.25) is 0 Å². The van der Waals surface area contributed by atoms with Gasteiger partial charge in [-0.25, -0.2) is 5.43 Å². The van der Waals surface area contributed by atoms with Crippen LogP contribution < -0.4 is 20.3 Å². The van der Waals surface area contributed by atoms with Crippen LogP contribution in [0, 0.1) is 0 Å². The number of hydrogen-bond acceptors (Lipinski definition) is 4. The molecule has 0 radical (unpaired) electrons. The van der Waals surface area contributed by atoms with Gasteiger partial charge in [0.25, 0.3) is 0 Å². The Labute approximate surface area is 208 Å². The molecule has 0 fully saturated rings. The van der Waals surface area contributed by atoms with Crippen LogP contribution in [0.25, 0.3) is 0 Å². The van der Waals surface area contributed by atoms with Crippen molar-refractivity contribution >= 4 is 0 Å². The van der Waals surface area contributed by atoms with Gasteiger partial charge in [-0.05, 0) is 59.9 Å². The van der Waals surface area contributed by atoms with Crippen LogP contribution in [0.1, 0.15) is 54.6 Å². The third kappa shape index (κ3) is 7.44. The Balaban J connectivity index is 1.25. The Morgan fingerprint density at radius 3 is 1.49 bits per heavy atom. The van der Waals surface area contributed by atoms with Crippen molar-refractivity contribution in [3.05, 3.63) is 131 Å². The van der Waals surface area contributed by atoms with Gasteiger partial charge in [-0.2, -0.15) is 0 Å². The van der Waals surface area contributed by atoms with Crippen molar-refractivity contribution in [2.45, 2.75) is 45.6 Å². The quantitative estimate of drug-likeness (QED) is 0.218. The molecule has 0 amide bonds. The van der Waals surface area contributed by atoms with Crippen LogP contribution in [0.3, 0.4) is 0 Å². The Hall–Kier alpha value is -3.60. The molecule has 4 aromatic carbocycles. The van der Waals surface area contributed by atoms with E-state index in [0.717, 1.165) is 23.5 Å². The highest BCUT2D eigenvalue weighted by molar-refractivity contribution is 5.31. The minimum absolute atomic E-state index is 0.153. The average Bonchev–Trinajstić information content (AvgIpc) is 2.93. The fraction of sp³-hybridized carbons (Fsp3) is 0.226. The topological polar surface area (TPSA) is 42.5 Å². The number of ether oxygens (including phenoxy) is 2. The van der Waals surface area contributed by atoms with Gasteiger partial charge >= 0.3 is 0 Å². The smallest absolute Gasteiger partial charge is 0.119 e. The SMILES string of the molecule is CCC(NNC(C)c1ccc(OCc2ccccc2)cc1)c1ccc(OCc2ccccc2)cc1. The Bertz CT molecular complexity index is 1130. The Kier molecular flexibility index (Phi) is 8.93. The van der Waals surface area contributed by atoms with Crippen LogP contribution in [0.15, 0.2) is 109 Å². The summed E-state index contributed by atoms with van der Waals surface area (Å²) in [6.45, 7) is 5.48. The fourth-order valence-electron chi connectivity index (χ4n) is 3.86. The maximum Gasteiger partial charge on any atom is 0.119 e. The van der Waals surface area contributed by atoms with Gasteiger partial charge < -0.3 is 9.47 Å². The molecule has 0 spiro atoms. The summed E-state index contributed by atoms with van der Waals surface area (Å²) in [5, 5.41) is 0. The molecule has 2 N–H and O–H groups in total. The molecule has 0 aliphatic rings. The summed E-state index contributed by atoms with van der Waals surface area (Å²) in [7, 11) is 0.